The standard InChI is InChI=1S/C18H29NO4/c1-15-6-3-4-8-18(15)23-11-9-19(2)12-16(20)13-21-14-17-7-5-10-22-17/h3-4,6,8,16-17,20H,5,7,9-14H2,1-2H3. The maximum Gasteiger partial charge on any atom is 0.122 e. The van der Waals surface area contributed by atoms with Gasteiger partial charge in [0, 0.05) is 19.7 Å². The lowest BCUT2D eigenvalue weighted by Crippen LogP contribution is -2.35. The fraction of sp³-hybridized carbons (Fsp3) is 0.667. The molecule has 2 unspecified atom stereocenters. The van der Waals surface area contributed by atoms with Crippen LogP contribution in [0.4, 0.5) is 0 Å². The molecule has 2 atom stereocenters. The van der Waals surface area contributed by atoms with Crippen LogP contribution in [0.25, 0.3) is 0 Å². The first-order chi connectivity index (χ1) is 11.1. The molecule has 2 rings (SSSR count). The second kappa shape index (κ2) is 9.88. The average Bonchev–Trinajstić information content (AvgIpc) is 3.02. The van der Waals surface area contributed by atoms with Gasteiger partial charge in [-0.15, -0.1) is 0 Å². The molecule has 0 saturated carbocycles. The van der Waals surface area contributed by atoms with E-state index in [9.17, 15) is 5.11 Å². The number of benzene rings is 1. The van der Waals surface area contributed by atoms with Gasteiger partial charge in [0.25, 0.3) is 0 Å². The van der Waals surface area contributed by atoms with Gasteiger partial charge in [0.2, 0.25) is 0 Å². The summed E-state index contributed by atoms with van der Waals surface area (Å²) in [7, 11) is 1.98. The smallest absolute Gasteiger partial charge is 0.122 e. The lowest BCUT2D eigenvalue weighted by Gasteiger charge is -2.21. The number of hydrogen-bond donors (Lipinski definition) is 1. The zero-order valence-electron chi connectivity index (χ0n) is 14.2. The quantitative estimate of drug-likeness (QED) is 0.712. The highest BCUT2D eigenvalue weighted by atomic mass is 16.5. The Hall–Kier alpha value is -1.14. The Balaban J connectivity index is 1.54. The molecule has 0 bridgehead atoms. The van der Waals surface area contributed by atoms with Crippen molar-refractivity contribution in [3.63, 3.8) is 0 Å². The third-order valence-electron chi connectivity index (χ3n) is 3.98. The van der Waals surface area contributed by atoms with Crippen molar-refractivity contribution >= 4 is 0 Å². The van der Waals surface area contributed by atoms with E-state index >= 15 is 0 Å². The number of nitrogens with zero attached hydrogens (tertiary/aromatic N) is 1. The first-order valence-corrected chi connectivity index (χ1v) is 8.39. The van der Waals surface area contributed by atoms with Gasteiger partial charge < -0.3 is 24.2 Å². The maximum atomic E-state index is 10.0. The molecule has 1 aromatic carbocycles. The monoisotopic (exact) mass is 323 g/mol. The highest BCUT2D eigenvalue weighted by molar-refractivity contribution is 5.31. The molecule has 1 aliphatic rings. The molecule has 23 heavy (non-hydrogen) atoms. The minimum atomic E-state index is -0.486. The van der Waals surface area contributed by atoms with Crippen LogP contribution in [0, 0.1) is 6.92 Å². The number of aliphatic hydroxyl groups excluding tert-OH is 1. The summed E-state index contributed by atoms with van der Waals surface area (Å²) in [6.45, 7) is 5.74. The highest BCUT2D eigenvalue weighted by Gasteiger charge is 2.16. The largest absolute Gasteiger partial charge is 0.492 e. The molecule has 5 nitrogen and oxygen atoms in total. The lowest BCUT2D eigenvalue weighted by atomic mass is 10.2. The van der Waals surface area contributed by atoms with Crippen LogP contribution in [0.2, 0.25) is 0 Å². The van der Waals surface area contributed by atoms with Crippen molar-refractivity contribution in [2.75, 3.05) is 46.6 Å². The van der Waals surface area contributed by atoms with E-state index in [2.05, 4.69) is 4.90 Å². The summed E-state index contributed by atoms with van der Waals surface area (Å²) < 4.78 is 16.8. The number of likely N-dealkylation sites (N-methyl/N-ethyl adjacent to an activating group) is 1. The van der Waals surface area contributed by atoms with Gasteiger partial charge in [0.15, 0.2) is 0 Å². The highest BCUT2D eigenvalue weighted by Crippen LogP contribution is 2.15. The second-order valence-corrected chi connectivity index (χ2v) is 6.20. The van der Waals surface area contributed by atoms with E-state index in [1.165, 1.54) is 0 Å². The number of ether oxygens (including phenoxy) is 3. The van der Waals surface area contributed by atoms with Crippen LogP contribution >= 0.6 is 0 Å². The summed E-state index contributed by atoms with van der Waals surface area (Å²) in [5, 5.41) is 10.0. The first kappa shape index (κ1) is 18.2. The molecule has 1 N–H and O–H groups in total. The van der Waals surface area contributed by atoms with Gasteiger partial charge in [0.05, 0.1) is 25.4 Å². The van der Waals surface area contributed by atoms with Crippen molar-refractivity contribution in [3.8, 4) is 5.75 Å². The second-order valence-electron chi connectivity index (χ2n) is 6.20. The SMILES string of the molecule is Cc1ccccc1OCCN(C)CC(O)COCC1CCCO1. The Bertz CT molecular complexity index is 448. The summed E-state index contributed by atoms with van der Waals surface area (Å²) in [6, 6.07) is 7.99. The van der Waals surface area contributed by atoms with Gasteiger partial charge in [-0.05, 0) is 38.4 Å². The fourth-order valence-corrected chi connectivity index (χ4v) is 2.64. The minimum absolute atomic E-state index is 0.211. The topological polar surface area (TPSA) is 51.2 Å². The van der Waals surface area contributed by atoms with Crippen LogP contribution in [-0.4, -0.2) is 68.8 Å². The zero-order valence-corrected chi connectivity index (χ0v) is 14.2. The summed E-state index contributed by atoms with van der Waals surface area (Å²) in [5.74, 6) is 0.918. The number of rotatable bonds is 10. The van der Waals surface area contributed by atoms with Crippen molar-refractivity contribution in [2.24, 2.45) is 0 Å². The Morgan fingerprint density at radius 3 is 2.96 bits per heavy atom. The van der Waals surface area contributed by atoms with E-state index in [1.807, 2.05) is 38.2 Å². The van der Waals surface area contributed by atoms with Crippen LogP contribution in [0.15, 0.2) is 24.3 Å². The third kappa shape index (κ3) is 6.87. The van der Waals surface area contributed by atoms with E-state index in [1.54, 1.807) is 0 Å². The molecule has 1 aromatic rings. The lowest BCUT2D eigenvalue weighted by molar-refractivity contribution is -0.0239. The molecule has 1 aliphatic heterocycles. The molecule has 0 aromatic heterocycles. The summed E-state index contributed by atoms with van der Waals surface area (Å²) in [5.41, 5.74) is 1.14. The van der Waals surface area contributed by atoms with Gasteiger partial charge >= 0.3 is 0 Å². The molecule has 0 radical (unpaired) electrons. The fourth-order valence-electron chi connectivity index (χ4n) is 2.64. The Kier molecular flexibility index (Phi) is 7.82. The van der Waals surface area contributed by atoms with E-state index < -0.39 is 6.10 Å². The third-order valence-corrected chi connectivity index (χ3v) is 3.98. The molecule has 1 fully saturated rings. The van der Waals surface area contributed by atoms with Gasteiger partial charge in [-0.1, -0.05) is 18.2 Å². The van der Waals surface area contributed by atoms with Gasteiger partial charge in [-0.25, -0.2) is 0 Å². The molecule has 0 amide bonds. The van der Waals surface area contributed by atoms with Crippen LogP contribution in [-0.2, 0) is 9.47 Å². The van der Waals surface area contributed by atoms with Crippen LogP contribution in [0.3, 0.4) is 0 Å². The van der Waals surface area contributed by atoms with E-state index in [4.69, 9.17) is 14.2 Å². The van der Waals surface area contributed by atoms with Crippen molar-refractivity contribution in [1.29, 1.82) is 0 Å². The summed E-state index contributed by atoms with van der Waals surface area (Å²) in [6.07, 6.45) is 1.90. The number of hydrogen-bond acceptors (Lipinski definition) is 5. The summed E-state index contributed by atoms with van der Waals surface area (Å²) in [4.78, 5) is 2.05. The molecule has 5 heteroatoms. The number of aryl methyl sites for hydroxylation is 1. The Morgan fingerprint density at radius 1 is 1.39 bits per heavy atom. The molecule has 1 heterocycles. The van der Waals surface area contributed by atoms with Crippen molar-refractivity contribution in [1.82, 2.24) is 4.90 Å². The van der Waals surface area contributed by atoms with E-state index in [0.717, 1.165) is 37.3 Å². The van der Waals surface area contributed by atoms with Crippen LogP contribution < -0.4 is 4.74 Å². The molecule has 130 valence electrons. The Labute approximate surface area is 139 Å². The first-order valence-electron chi connectivity index (χ1n) is 8.39. The zero-order chi connectivity index (χ0) is 16.5. The van der Waals surface area contributed by atoms with E-state index in [-0.39, 0.29) is 6.10 Å². The van der Waals surface area contributed by atoms with Crippen LogP contribution in [0.5, 0.6) is 5.75 Å². The normalized spacial score (nSPS) is 19.2. The molecule has 1 saturated heterocycles. The van der Waals surface area contributed by atoms with Crippen molar-refractivity contribution < 1.29 is 19.3 Å². The average molecular weight is 323 g/mol. The summed E-state index contributed by atoms with van der Waals surface area (Å²) >= 11 is 0. The van der Waals surface area contributed by atoms with Gasteiger partial charge in [-0.3, -0.25) is 0 Å². The number of aliphatic hydroxyl groups is 1. The van der Waals surface area contributed by atoms with Crippen molar-refractivity contribution in [3.05, 3.63) is 29.8 Å². The van der Waals surface area contributed by atoms with Gasteiger partial charge in [0.1, 0.15) is 12.4 Å². The van der Waals surface area contributed by atoms with Gasteiger partial charge in [-0.2, -0.15) is 0 Å². The minimum Gasteiger partial charge on any atom is -0.492 e. The molecule has 0 aliphatic carbocycles. The molecule has 0 spiro atoms. The number of para-hydroxylation sites is 1. The maximum absolute atomic E-state index is 10.0. The van der Waals surface area contributed by atoms with E-state index in [0.29, 0.717) is 26.4 Å². The van der Waals surface area contributed by atoms with Crippen LogP contribution in [0.1, 0.15) is 18.4 Å². The Morgan fingerprint density at radius 2 is 2.22 bits per heavy atom. The van der Waals surface area contributed by atoms with Crippen molar-refractivity contribution in [2.45, 2.75) is 32.0 Å². The predicted molar refractivity (Wildman–Crippen MR) is 90.0 cm³/mol. The molecular formula is C18H29NO4. The molecular weight excluding hydrogens is 294 g/mol. The predicted octanol–water partition coefficient (Wildman–Crippen LogP) is 1.86.